The van der Waals surface area contributed by atoms with Crippen LogP contribution in [-0.2, 0) is 6.42 Å². The summed E-state index contributed by atoms with van der Waals surface area (Å²) in [6, 6.07) is 19.1. The van der Waals surface area contributed by atoms with Gasteiger partial charge >= 0.3 is 0 Å². The van der Waals surface area contributed by atoms with Gasteiger partial charge in [0.05, 0.1) is 9.16 Å². The van der Waals surface area contributed by atoms with E-state index in [0.29, 0.717) is 4.83 Å². The van der Waals surface area contributed by atoms with Crippen molar-refractivity contribution in [2.45, 2.75) is 11.2 Å². The molecule has 96 valence electrons. The van der Waals surface area contributed by atoms with Crippen molar-refractivity contribution < 1.29 is 0 Å². The smallest absolute Gasteiger partial charge is 0.0931 e. The molecule has 1 atom stereocenters. The SMILES string of the molecule is Clc1ccc(C(Br)Cc2ccc3ccccc3c2)s1. The average Bonchev–Trinajstić information content (AvgIpc) is 2.85. The third-order valence-corrected chi connectivity index (χ3v) is 5.60. The number of benzene rings is 2. The number of hydrogen-bond acceptors (Lipinski definition) is 1. The van der Waals surface area contributed by atoms with E-state index in [2.05, 4.69) is 64.5 Å². The lowest BCUT2D eigenvalue weighted by Gasteiger charge is -2.08. The summed E-state index contributed by atoms with van der Waals surface area (Å²) in [6.07, 6.45) is 0.974. The Morgan fingerprint density at radius 3 is 2.53 bits per heavy atom. The fourth-order valence-electron chi connectivity index (χ4n) is 2.17. The minimum absolute atomic E-state index is 0.325. The first-order chi connectivity index (χ1) is 9.22. The summed E-state index contributed by atoms with van der Waals surface area (Å²) in [5.41, 5.74) is 1.34. The lowest BCUT2D eigenvalue weighted by atomic mass is 10.0. The van der Waals surface area contributed by atoms with Gasteiger partial charge in [0.1, 0.15) is 0 Å². The molecule has 0 fully saturated rings. The molecule has 1 unspecified atom stereocenters. The molecular weight excluding hydrogens is 340 g/mol. The first-order valence-corrected chi connectivity index (χ1v) is 8.20. The largest absolute Gasteiger partial charge is 0.127 e. The Balaban J connectivity index is 1.84. The van der Waals surface area contributed by atoms with Crippen LogP contribution in [0, 0.1) is 0 Å². The number of alkyl halides is 1. The highest BCUT2D eigenvalue weighted by molar-refractivity contribution is 9.09. The molecule has 0 N–H and O–H groups in total. The molecule has 0 amide bonds. The molecule has 0 bridgehead atoms. The van der Waals surface area contributed by atoms with Crippen molar-refractivity contribution >= 4 is 49.6 Å². The summed E-state index contributed by atoms with van der Waals surface area (Å²) in [6.45, 7) is 0. The van der Waals surface area contributed by atoms with Crippen LogP contribution >= 0.6 is 38.9 Å². The lowest BCUT2D eigenvalue weighted by molar-refractivity contribution is 0.972. The molecule has 3 heteroatoms. The minimum atomic E-state index is 0.325. The fraction of sp³-hybridized carbons (Fsp3) is 0.125. The van der Waals surface area contributed by atoms with E-state index in [1.807, 2.05) is 6.07 Å². The van der Waals surface area contributed by atoms with Crippen LogP contribution in [0.2, 0.25) is 4.34 Å². The summed E-state index contributed by atoms with van der Waals surface area (Å²) < 4.78 is 0.845. The van der Waals surface area contributed by atoms with Gasteiger partial charge in [0, 0.05) is 4.88 Å². The Labute approximate surface area is 130 Å². The van der Waals surface area contributed by atoms with Gasteiger partial charge in [-0.05, 0) is 34.9 Å². The van der Waals surface area contributed by atoms with E-state index >= 15 is 0 Å². The number of hydrogen-bond donors (Lipinski definition) is 0. The van der Waals surface area contributed by atoms with Crippen LogP contribution in [0.1, 0.15) is 15.3 Å². The van der Waals surface area contributed by atoms with Crippen molar-refractivity contribution in [3.05, 3.63) is 69.4 Å². The zero-order valence-electron chi connectivity index (χ0n) is 10.1. The maximum Gasteiger partial charge on any atom is 0.0931 e. The molecular formula is C16H12BrClS. The van der Waals surface area contributed by atoms with Gasteiger partial charge < -0.3 is 0 Å². The quantitative estimate of drug-likeness (QED) is 0.490. The van der Waals surface area contributed by atoms with Crippen molar-refractivity contribution in [1.29, 1.82) is 0 Å². The zero-order chi connectivity index (χ0) is 13.2. The third kappa shape index (κ3) is 3.02. The standard InChI is InChI=1S/C16H12BrClS/c17-14(15-7-8-16(18)19-15)10-11-5-6-12-3-1-2-4-13(12)9-11/h1-9,14H,10H2. The summed E-state index contributed by atoms with van der Waals surface area (Å²) in [4.78, 5) is 1.60. The van der Waals surface area contributed by atoms with Crippen molar-refractivity contribution in [3.63, 3.8) is 0 Å². The average molecular weight is 352 g/mol. The van der Waals surface area contributed by atoms with Gasteiger partial charge in [-0.2, -0.15) is 0 Å². The lowest BCUT2D eigenvalue weighted by Crippen LogP contribution is -1.92. The molecule has 1 heterocycles. The zero-order valence-corrected chi connectivity index (χ0v) is 13.3. The second kappa shape index (κ2) is 5.66. The Morgan fingerprint density at radius 1 is 1.00 bits per heavy atom. The van der Waals surface area contributed by atoms with Crippen LogP contribution in [0.5, 0.6) is 0 Å². The van der Waals surface area contributed by atoms with Crippen LogP contribution in [0.3, 0.4) is 0 Å². The number of rotatable bonds is 3. The van der Waals surface area contributed by atoms with Crippen molar-refractivity contribution in [1.82, 2.24) is 0 Å². The Kier molecular flexibility index (Phi) is 3.92. The highest BCUT2D eigenvalue weighted by Gasteiger charge is 2.11. The molecule has 2 aromatic carbocycles. The summed E-state index contributed by atoms with van der Waals surface area (Å²) in [7, 11) is 0. The van der Waals surface area contributed by atoms with Gasteiger partial charge in [-0.3, -0.25) is 0 Å². The summed E-state index contributed by atoms with van der Waals surface area (Å²) in [5.74, 6) is 0. The number of thiophene rings is 1. The Morgan fingerprint density at radius 2 is 1.79 bits per heavy atom. The maximum atomic E-state index is 5.98. The first-order valence-electron chi connectivity index (χ1n) is 6.09. The number of halogens is 2. The van der Waals surface area contributed by atoms with Crippen molar-refractivity contribution in [3.8, 4) is 0 Å². The van der Waals surface area contributed by atoms with E-state index < -0.39 is 0 Å². The fourth-order valence-corrected chi connectivity index (χ4v) is 4.02. The van der Waals surface area contributed by atoms with Gasteiger partial charge in [-0.15, -0.1) is 11.3 Å². The third-order valence-electron chi connectivity index (χ3n) is 3.13. The van der Waals surface area contributed by atoms with Gasteiger partial charge in [-0.1, -0.05) is 70.0 Å². The van der Waals surface area contributed by atoms with Gasteiger partial charge in [0.25, 0.3) is 0 Å². The van der Waals surface area contributed by atoms with E-state index in [4.69, 9.17) is 11.6 Å². The second-order valence-electron chi connectivity index (χ2n) is 4.50. The molecule has 1 aromatic heterocycles. The molecule has 0 radical (unpaired) electrons. The van der Waals surface area contributed by atoms with Crippen LogP contribution in [0.15, 0.2) is 54.6 Å². The highest BCUT2D eigenvalue weighted by atomic mass is 79.9. The van der Waals surface area contributed by atoms with Gasteiger partial charge in [-0.25, -0.2) is 0 Å². The molecule has 0 spiro atoms. The first kappa shape index (κ1) is 13.2. The molecule has 0 nitrogen and oxygen atoms in total. The maximum absolute atomic E-state index is 5.98. The van der Waals surface area contributed by atoms with Crippen LogP contribution < -0.4 is 0 Å². The predicted octanol–water partition coefficient (Wildman–Crippen LogP) is 6.23. The van der Waals surface area contributed by atoms with Crippen LogP contribution in [-0.4, -0.2) is 0 Å². The van der Waals surface area contributed by atoms with E-state index in [1.54, 1.807) is 11.3 Å². The summed E-state index contributed by atoms with van der Waals surface area (Å²) in [5, 5.41) is 2.58. The van der Waals surface area contributed by atoms with E-state index in [9.17, 15) is 0 Å². The minimum Gasteiger partial charge on any atom is -0.127 e. The topological polar surface area (TPSA) is 0 Å². The van der Waals surface area contributed by atoms with Crippen molar-refractivity contribution in [2.24, 2.45) is 0 Å². The van der Waals surface area contributed by atoms with Gasteiger partial charge in [0.15, 0.2) is 0 Å². The predicted molar refractivity (Wildman–Crippen MR) is 88.6 cm³/mol. The Hall–Kier alpha value is -0.830. The van der Waals surface area contributed by atoms with Crippen LogP contribution in [0.25, 0.3) is 10.8 Å². The molecule has 0 saturated carbocycles. The van der Waals surface area contributed by atoms with E-state index in [-0.39, 0.29) is 0 Å². The van der Waals surface area contributed by atoms with E-state index in [1.165, 1.54) is 21.2 Å². The van der Waals surface area contributed by atoms with E-state index in [0.717, 1.165) is 10.8 Å². The monoisotopic (exact) mass is 350 g/mol. The molecule has 3 aromatic rings. The van der Waals surface area contributed by atoms with Crippen molar-refractivity contribution in [2.75, 3.05) is 0 Å². The molecule has 0 aliphatic carbocycles. The molecule has 0 saturated heterocycles. The molecule has 0 aliphatic rings. The normalized spacial score (nSPS) is 12.7. The molecule has 19 heavy (non-hydrogen) atoms. The van der Waals surface area contributed by atoms with Gasteiger partial charge in [0.2, 0.25) is 0 Å². The Bertz CT molecular complexity index is 705. The summed E-state index contributed by atoms with van der Waals surface area (Å²) >= 11 is 11.4. The molecule has 3 rings (SSSR count). The second-order valence-corrected chi connectivity index (χ2v) is 7.35. The highest BCUT2D eigenvalue weighted by Crippen LogP contribution is 2.34. The molecule has 0 aliphatic heterocycles. The number of fused-ring (bicyclic) bond motifs is 1. The van der Waals surface area contributed by atoms with Crippen LogP contribution in [0.4, 0.5) is 0 Å².